The van der Waals surface area contributed by atoms with E-state index in [2.05, 4.69) is 10.6 Å². The minimum absolute atomic E-state index is 0.227. The van der Waals surface area contributed by atoms with Crippen molar-refractivity contribution in [3.63, 3.8) is 0 Å². The molecule has 3 nitrogen and oxygen atoms in total. The first-order valence-electron chi connectivity index (χ1n) is 5.90. The summed E-state index contributed by atoms with van der Waals surface area (Å²) in [6.07, 6.45) is -0.861. The lowest BCUT2D eigenvalue weighted by atomic mass is 9.95. The summed E-state index contributed by atoms with van der Waals surface area (Å²) in [6, 6.07) is 6.86. The maximum absolute atomic E-state index is 12.0. The van der Waals surface area contributed by atoms with E-state index in [1.807, 2.05) is 0 Å². The van der Waals surface area contributed by atoms with E-state index in [1.54, 1.807) is 45.0 Å². The zero-order valence-electron chi connectivity index (χ0n) is 11.3. The fourth-order valence-electron chi connectivity index (χ4n) is 1.26. The Morgan fingerprint density at radius 2 is 1.60 bits per heavy atom. The molecule has 0 radical (unpaired) electrons. The monoisotopic (exact) mass is 356 g/mol. The average Bonchev–Trinajstić information content (AvgIpc) is 2.28. The summed E-state index contributed by atoms with van der Waals surface area (Å²) < 4.78 is -1.69. The van der Waals surface area contributed by atoms with Gasteiger partial charge in [0.05, 0.1) is 0 Å². The summed E-state index contributed by atoms with van der Waals surface area (Å²) >= 11 is 23.5. The fraction of sp³-hybridized carbons (Fsp3) is 0.462. The van der Waals surface area contributed by atoms with Crippen molar-refractivity contribution in [1.29, 1.82) is 0 Å². The number of hydrogen-bond donors (Lipinski definition) is 2. The summed E-state index contributed by atoms with van der Waals surface area (Å²) in [7, 11) is 0. The van der Waals surface area contributed by atoms with Crippen molar-refractivity contribution >= 4 is 58.0 Å². The summed E-state index contributed by atoms with van der Waals surface area (Å²) in [5.41, 5.74) is 0.0930. The Morgan fingerprint density at radius 3 is 2.00 bits per heavy atom. The van der Waals surface area contributed by atoms with Gasteiger partial charge in [0.25, 0.3) is 0 Å². The van der Waals surface area contributed by atoms with Crippen LogP contribution in [-0.4, -0.2) is 15.9 Å². The second-order valence-electron chi connectivity index (χ2n) is 5.35. The topological polar surface area (TPSA) is 41.1 Å². The van der Waals surface area contributed by atoms with Gasteiger partial charge < -0.3 is 10.6 Å². The van der Waals surface area contributed by atoms with Gasteiger partial charge in [-0.25, -0.2) is 0 Å². The molecule has 20 heavy (non-hydrogen) atoms. The Balaban J connectivity index is 2.86. The molecule has 0 aromatic heterocycles. The molecule has 0 saturated carbocycles. The summed E-state index contributed by atoms with van der Waals surface area (Å²) in [4.78, 5) is 12.0. The summed E-state index contributed by atoms with van der Waals surface area (Å²) in [5, 5.41) is 6.24. The van der Waals surface area contributed by atoms with E-state index in [4.69, 9.17) is 46.4 Å². The smallest absolute Gasteiger partial charge is 0.228 e. The molecule has 2 N–H and O–H groups in total. The highest BCUT2D eigenvalue weighted by Crippen LogP contribution is 2.32. The van der Waals surface area contributed by atoms with E-state index in [0.717, 1.165) is 0 Å². The van der Waals surface area contributed by atoms with Crippen molar-refractivity contribution in [3.8, 4) is 0 Å². The maximum atomic E-state index is 12.0. The zero-order chi connectivity index (χ0) is 15.6. The van der Waals surface area contributed by atoms with E-state index >= 15 is 0 Å². The number of carbonyl (C=O) groups is 1. The van der Waals surface area contributed by atoms with Crippen molar-refractivity contribution in [1.82, 2.24) is 5.32 Å². The first-order chi connectivity index (χ1) is 9.00. The van der Waals surface area contributed by atoms with E-state index in [9.17, 15) is 4.79 Å². The fourth-order valence-corrected chi connectivity index (χ4v) is 1.71. The molecule has 0 aliphatic carbocycles. The molecular weight excluding hydrogens is 342 g/mol. The standard InChI is InChI=1S/C13H16Cl4N2O/c1-12(2,3)11(20)19-10(13(15,16)17)18-9-6-4-8(14)5-7-9/h4-7,10,18H,1-3H3,(H,19,20)/t10-/m1/s1. The Bertz CT molecular complexity index is 463. The predicted molar refractivity (Wildman–Crippen MR) is 86.8 cm³/mol. The predicted octanol–water partition coefficient (Wildman–Crippen LogP) is 4.61. The molecule has 1 aromatic carbocycles. The van der Waals surface area contributed by atoms with Gasteiger partial charge in [0.1, 0.15) is 6.17 Å². The van der Waals surface area contributed by atoms with Crippen LogP contribution in [0.4, 0.5) is 5.69 Å². The molecule has 0 unspecified atom stereocenters. The highest BCUT2D eigenvalue weighted by Gasteiger charge is 2.36. The molecule has 0 bridgehead atoms. The average molecular weight is 358 g/mol. The van der Waals surface area contributed by atoms with Crippen LogP contribution < -0.4 is 10.6 Å². The van der Waals surface area contributed by atoms with Crippen molar-refractivity contribution in [2.45, 2.75) is 30.7 Å². The molecule has 1 rings (SSSR count). The Labute approximate surface area is 138 Å². The van der Waals surface area contributed by atoms with Crippen LogP contribution in [0.3, 0.4) is 0 Å². The lowest BCUT2D eigenvalue weighted by molar-refractivity contribution is -0.129. The molecule has 112 valence electrons. The van der Waals surface area contributed by atoms with E-state index in [-0.39, 0.29) is 5.91 Å². The second kappa shape index (κ2) is 6.61. The van der Waals surface area contributed by atoms with Gasteiger partial charge in [0.15, 0.2) is 0 Å². The van der Waals surface area contributed by atoms with E-state index < -0.39 is 15.4 Å². The lowest BCUT2D eigenvalue weighted by Gasteiger charge is -2.30. The molecule has 1 aromatic rings. The van der Waals surface area contributed by atoms with Crippen LogP contribution in [0.2, 0.25) is 5.02 Å². The van der Waals surface area contributed by atoms with E-state index in [0.29, 0.717) is 10.7 Å². The first-order valence-corrected chi connectivity index (χ1v) is 7.41. The number of anilines is 1. The molecule has 1 amide bonds. The lowest BCUT2D eigenvalue weighted by Crippen LogP contribution is -2.52. The van der Waals surface area contributed by atoms with E-state index in [1.165, 1.54) is 0 Å². The highest BCUT2D eigenvalue weighted by atomic mass is 35.6. The maximum Gasteiger partial charge on any atom is 0.228 e. The van der Waals surface area contributed by atoms with Crippen LogP contribution in [-0.2, 0) is 4.79 Å². The van der Waals surface area contributed by atoms with Gasteiger partial charge in [-0.1, -0.05) is 67.2 Å². The summed E-state index contributed by atoms with van der Waals surface area (Å²) in [5.74, 6) is -0.227. The number of halogens is 4. The van der Waals surface area contributed by atoms with Crippen LogP contribution in [0.1, 0.15) is 20.8 Å². The molecule has 0 spiro atoms. The third-order valence-corrected chi connectivity index (χ3v) is 3.35. The third-order valence-electron chi connectivity index (χ3n) is 2.44. The minimum Gasteiger partial charge on any atom is -0.362 e. The number of alkyl halides is 3. The zero-order valence-corrected chi connectivity index (χ0v) is 14.3. The summed E-state index contributed by atoms with van der Waals surface area (Å²) in [6.45, 7) is 5.33. The Kier molecular flexibility index (Phi) is 5.85. The molecular formula is C13H16Cl4N2O. The molecule has 0 saturated heterocycles. The number of rotatable bonds is 3. The van der Waals surface area contributed by atoms with Gasteiger partial charge in [-0.3, -0.25) is 4.79 Å². The number of carbonyl (C=O) groups excluding carboxylic acids is 1. The van der Waals surface area contributed by atoms with Crippen LogP contribution in [0, 0.1) is 5.41 Å². The highest BCUT2D eigenvalue weighted by molar-refractivity contribution is 6.68. The molecule has 0 aliphatic heterocycles. The molecule has 7 heteroatoms. The van der Waals surface area contributed by atoms with Gasteiger partial charge in [-0.2, -0.15) is 0 Å². The number of nitrogens with one attached hydrogen (secondary N) is 2. The molecule has 1 atom stereocenters. The quantitative estimate of drug-likeness (QED) is 0.612. The van der Waals surface area contributed by atoms with Gasteiger partial charge >= 0.3 is 0 Å². The minimum atomic E-state index is -1.69. The number of hydrogen-bond acceptors (Lipinski definition) is 2. The van der Waals surface area contributed by atoms with Crippen LogP contribution in [0.25, 0.3) is 0 Å². The van der Waals surface area contributed by atoms with Crippen LogP contribution in [0.15, 0.2) is 24.3 Å². The largest absolute Gasteiger partial charge is 0.362 e. The van der Waals surface area contributed by atoms with Crippen molar-refractivity contribution < 1.29 is 4.79 Å². The van der Waals surface area contributed by atoms with Crippen molar-refractivity contribution in [2.24, 2.45) is 5.41 Å². The Hall–Kier alpha value is -0.350. The van der Waals surface area contributed by atoms with Gasteiger partial charge in [-0.05, 0) is 24.3 Å². The number of benzene rings is 1. The molecule has 0 aliphatic rings. The normalized spacial score (nSPS) is 13.8. The molecule has 0 fully saturated rings. The molecule has 0 heterocycles. The SMILES string of the molecule is CC(C)(C)C(=O)N[C@@H](Nc1ccc(Cl)cc1)C(Cl)(Cl)Cl. The second-order valence-corrected chi connectivity index (χ2v) is 8.15. The van der Waals surface area contributed by atoms with Gasteiger partial charge in [0, 0.05) is 16.1 Å². The van der Waals surface area contributed by atoms with Crippen LogP contribution in [0.5, 0.6) is 0 Å². The van der Waals surface area contributed by atoms with Crippen molar-refractivity contribution in [2.75, 3.05) is 5.32 Å². The van der Waals surface area contributed by atoms with Gasteiger partial charge in [-0.15, -0.1) is 0 Å². The van der Waals surface area contributed by atoms with Crippen molar-refractivity contribution in [3.05, 3.63) is 29.3 Å². The Morgan fingerprint density at radius 1 is 1.10 bits per heavy atom. The van der Waals surface area contributed by atoms with Crippen LogP contribution >= 0.6 is 46.4 Å². The third kappa shape index (κ3) is 5.57. The van der Waals surface area contributed by atoms with Gasteiger partial charge in [0.2, 0.25) is 9.70 Å². The first kappa shape index (κ1) is 17.7. The number of amides is 1.